The zero-order valence-corrected chi connectivity index (χ0v) is 17.5. The SMILES string of the molecule is CC(=O)Nc1cccc(-n2cnnc2SCC(=O)N2CCCC3CCCCC32)c1. The van der Waals surface area contributed by atoms with Crippen molar-refractivity contribution in [3.63, 3.8) is 0 Å². The van der Waals surface area contributed by atoms with Gasteiger partial charge in [-0.1, -0.05) is 30.7 Å². The fourth-order valence-electron chi connectivity index (χ4n) is 4.58. The van der Waals surface area contributed by atoms with Gasteiger partial charge >= 0.3 is 0 Å². The Morgan fingerprint density at radius 3 is 2.90 bits per heavy atom. The molecule has 2 atom stereocenters. The van der Waals surface area contributed by atoms with Crippen LogP contribution in [0.1, 0.15) is 45.4 Å². The molecule has 1 N–H and O–H groups in total. The van der Waals surface area contributed by atoms with Crippen molar-refractivity contribution in [2.75, 3.05) is 17.6 Å². The lowest BCUT2D eigenvalue weighted by Crippen LogP contribution is -2.50. The van der Waals surface area contributed by atoms with Crippen LogP contribution in [0.3, 0.4) is 0 Å². The monoisotopic (exact) mass is 413 g/mol. The molecule has 1 aromatic heterocycles. The van der Waals surface area contributed by atoms with Crippen molar-refractivity contribution in [1.29, 1.82) is 0 Å². The molecule has 2 unspecified atom stereocenters. The number of thioether (sulfide) groups is 1. The molecule has 2 heterocycles. The zero-order valence-electron chi connectivity index (χ0n) is 16.7. The molecule has 1 aliphatic heterocycles. The van der Waals surface area contributed by atoms with Crippen LogP contribution in [0.4, 0.5) is 5.69 Å². The van der Waals surface area contributed by atoms with E-state index in [-0.39, 0.29) is 11.8 Å². The van der Waals surface area contributed by atoms with Crippen LogP contribution in [0.25, 0.3) is 5.69 Å². The third-order valence-corrected chi connectivity index (χ3v) is 6.78. The average Bonchev–Trinajstić information content (AvgIpc) is 3.20. The number of anilines is 1. The molecule has 1 saturated carbocycles. The Kier molecular flexibility index (Phi) is 6.18. The number of rotatable bonds is 5. The van der Waals surface area contributed by atoms with Crippen molar-refractivity contribution in [3.05, 3.63) is 30.6 Å². The van der Waals surface area contributed by atoms with Gasteiger partial charge in [-0.15, -0.1) is 10.2 Å². The van der Waals surface area contributed by atoms with Gasteiger partial charge in [0, 0.05) is 25.2 Å². The van der Waals surface area contributed by atoms with E-state index in [0.29, 0.717) is 28.6 Å². The Bertz CT molecular complexity index is 881. The van der Waals surface area contributed by atoms with Gasteiger partial charge in [-0.05, 0) is 49.8 Å². The maximum Gasteiger partial charge on any atom is 0.233 e. The summed E-state index contributed by atoms with van der Waals surface area (Å²) in [5, 5.41) is 11.7. The van der Waals surface area contributed by atoms with Gasteiger partial charge in [-0.3, -0.25) is 14.2 Å². The van der Waals surface area contributed by atoms with Crippen molar-refractivity contribution in [2.24, 2.45) is 5.92 Å². The van der Waals surface area contributed by atoms with Crippen molar-refractivity contribution >= 4 is 29.3 Å². The molecule has 2 fully saturated rings. The number of amides is 2. The fraction of sp³-hybridized carbons (Fsp3) is 0.524. The number of carbonyl (C=O) groups is 2. The molecule has 2 amide bonds. The van der Waals surface area contributed by atoms with Crippen molar-refractivity contribution in [2.45, 2.75) is 56.6 Å². The number of fused-ring (bicyclic) bond motifs is 1. The summed E-state index contributed by atoms with van der Waals surface area (Å²) in [5.74, 6) is 1.14. The van der Waals surface area contributed by atoms with Gasteiger partial charge in [0.1, 0.15) is 6.33 Å². The van der Waals surface area contributed by atoms with E-state index in [1.807, 2.05) is 28.8 Å². The number of benzene rings is 1. The van der Waals surface area contributed by atoms with E-state index >= 15 is 0 Å². The minimum absolute atomic E-state index is 0.117. The molecule has 29 heavy (non-hydrogen) atoms. The summed E-state index contributed by atoms with van der Waals surface area (Å²) in [5.41, 5.74) is 1.56. The van der Waals surface area contributed by atoms with Gasteiger partial charge in [-0.25, -0.2) is 0 Å². The largest absolute Gasteiger partial charge is 0.339 e. The Morgan fingerprint density at radius 1 is 1.21 bits per heavy atom. The quantitative estimate of drug-likeness (QED) is 0.759. The molecule has 7 nitrogen and oxygen atoms in total. The van der Waals surface area contributed by atoms with Gasteiger partial charge in [0.15, 0.2) is 5.16 Å². The molecule has 0 radical (unpaired) electrons. The van der Waals surface area contributed by atoms with Crippen molar-refractivity contribution in [1.82, 2.24) is 19.7 Å². The van der Waals surface area contributed by atoms with Crippen LogP contribution in [0.2, 0.25) is 0 Å². The van der Waals surface area contributed by atoms with Gasteiger partial charge in [0.25, 0.3) is 0 Å². The first-order chi connectivity index (χ1) is 14.1. The van der Waals surface area contributed by atoms with E-state index in [4.69, 9.17) is 0 Å². The second kappa shape index (κ2) is 8.98. The molecular formula is C21H27N5O2S. The number of nitrogens with zero attached hydrogens (tertiary/aromatic N) is 4. The Balaban J connectivity index is 1.43. The number of carbonyl (C=O) groups excluding carboxylic acids is 2. The molecule has 154 valence electrons. The third-order valence-electron chi connectivity index (χ3n) is 5.85. The van der Waals surface area contributed by atoms with Gasteiger partial charge < -0.3 is 10.2 Å². The zero-order chi connectivity index (χ0) is 20.2. The number of hydrogen-bond donors (Lipinski definition) is 1. The van der Waals surface area contributed by atoms with Crippen LogP contribution in [0, 0.1) is 5.92 Å². The van der Waals surface area contributed by atoms with E-state index < -0.39 is 0 Å². The Labute approximate surface area is 175 Å². The lowest BCUT2D eigenvalue weighted by atomic mass is 9.78. The number of nitrogens with one attached hydrogen (secondary N) is 1. The lowest BCUT2D eigenvalue weighted by molar-refractivity contribution is -0.134. The number of hydrogen-bond acceptors (Lipinski definition) is 5. The summed E-state index contributed by atoms with van der Waals surface area (Å²) in [6.07, 6.45) is 8.96. The molecule has 8 heteroatoms. The van der Waals surface area contributed by atoms with Crippen LogP contribution in [0.15, 0.2) is 35.7 Å². The van der Waals surface area contributed by atoms with Gasteiger partial charge in [0.2, 0.25) is 11.8 Å². The maximum atomic E-state index is 13.0. The van der Waals surface area contributed by atoms with Crippen molar-refractivity contribution in [3.8, 4) is 5.69 Å². The second-order valence-corrected chi connectivity index (χ2v) is 8.79. The smallest absolute Gasteiger partial charge is 0.233 e. The number of aromatic nitrogens is 3. The predicted molar refractivity (Wildman–Crippen MR) is 113 cm³/mol. The topological polar surface area (TPSA) is 80.1 Å². The highest BCUT2D eigenvalue weighted by molar-refractivity contribution is 7.99. The highest BCUT2D eigenvalue weighted by Gasteiger charge is 2.35. The van der Waals surface area contributed by atoms with Gasteiger partial charge in [0.05, 0.1) is 11.4 Å². The molecule has 2 aromatic rings. The van der Waals surface area contributed by atoms with E-state index in [9.17, 15) is 9.59 Å². The molecule has 0 spiro atoms. The third kappa shape index (κ3) is 4.63. The molecule has 1 aliphatic carbocycles. The summed E-state index contributed by atoms with van der Waals surface area (Å²) in [7, 11) is 0. The van der Waals surface area contributed by atoms with Crippen LogP contribution >= 0.6 is 11.8 Å². The molecular weight excluding hydrogens is 386 g/mol. The first kappa shape index (κ1) is 19.9. The maximum absolute atomic E-state index is 13.0. The number of piperidine rings is 1. The van der Waals surface area contributed by atoms with Crippen molar-refractivity contribution < 1.29 is 9.59 Å². The summed E-state index contributed by atoms with van der Waals surface area (Å²) in [6, 6.07) is 7.93. The van der Waals surface area contributed by atoms with Crippen LogP contribution in [0.5, 0.6) is 0 Å². The van der Waals surface area contributed by atoms with Gasteiger partial charge in [-0.2, -0.15) is 0 Å². The number of likely N-dealkylation sites (tertiary alicyclic amines) is 1. The minimum atomic E-state index is -0.117. The Hall–Kier alpha value is -2.35. The highest BCUT2D eigenvalue weighted by atomic mass is 32.2. The first-order valence-electron chi connectivity index (χ1n) is 10.3. The van der Waals surface area contributed by atoms with Crippen LogP contribution in [-0.2, 0) is 9.59 Å². The van der Waals surface area contributed by atoms with E-state index in [1.54, 1.807) is 6.33 Å². The Morgan fingerprint density at radius 2 is 2.03 bits per heavy atom. The summed E-state index contributed by atoms with van der Waals surface area (Å²) >= 11 is 1.42. The fourth-order valence-corrected chi connectivity index (χ4v) is 5.40. The second-order valence-electron chi connectivity index (χ2n) is 7.84. The lowest BCUT2D eigenvalue weighted by Gasteiger charge is -2.44. The minimum Gasteiger partial charge on any atom is -0.339 e. The first-order valence-corrected chi connectivity index (χ1v) is 11.3. The summed E-state index contributed by atoms with van der Waals surface area (Å²) in [6.45, 7) is 2.36. The van der Waals surface area contributed by atoms with E-state index in [1.165, 1.54) is 44.4 Å². The van der Waals surface area contributed by atoms with E-state index in [0.717, 1.165) is 25.1 Å². The standard InChI is InChI=1S/C21H27N5O2S/c1-15(27)23-17-8-4-9-18(12-17)26-14-22-24-21(26)29-13-20(28)25-11-5-7-16-6-2-3-10-19(16)25/h4,8-9,12,14,16,19H,2-3,5-7,10-11,13H2,1H3,(H,23,27). The summed E-state index contributed by atoms with van der Waals surface area (Å²) < 4.78 is 1.85. The molecule has 1 aromatic carbocycles. The molecule has 1 saturated heterocycles. The summed E-state index contributed by atoms with van der Waals surface area (Å²) in [4.78, 5) is 26.4. The predicted octanol–water partition coefficient (Wildman–Crippen LogP) is 3.50. The van der Waals surface area contributed by atoms with Crippen LogP contribution < -0.4 is 5.32 Å². The van der Waals surface area contributed by atoms with E-state index in [2.05, 4.69) is 20.4 Å². The molecule has 2 aliphatic rings. The molecule has 0 bridgehead atoms. The normalized spacial score (nSPS) is 21.5. The molecule has 4 rings (SSSR count). The highest BCUT2D eigenvalue weighted by Crippen LogP contribution is 2.35. The van der Waals surface area contributed by atoms with Crippen LogP contribution in [-0.4, -0.2) is 49.8 Å². The average molecular weight is 414 g/mol.